The quantitative estimate of drug-likeness (QED) is 0.549. The summed E-state index contributed by atoms with van der Waals surface area (Å²) in [5.41, 5.74) is 1.56. The summed E-state index contributed by atoms with van der Waals surface area (Å²) in [5.74, 6) is 0.963. The summed E-state index contributed by atoms with van der Waals surface area (Å²) < 4.78 is 10.4. The molecule has 0 atom stereocenters. The molecule has 0 saturated carbocycles. The second-order valence-electron chi connectivity index (χ2n) is 4.22. The second kappa shape index (κ2) is 4.41. The van der Waals surface area contributed by atoms with Gasteiger partial charge < -0.3 is 19.7 Å². The van der Waals surface area contributed by atoms with E-state index in [4.69, 9.17) is 9.47 Å². The number of fused-ring (bicyclic) bond motifs is 2. The summed E-state index contributed by atoms with van der Waals surface area (Å²) in [6, 6.07) is 6.09. The van der Waals surface area contributed by atoms with Crippen molar-refractivity contribution >= 4 is 22.1 Å². The number of hydrogen-bond donors (Lipinski definition) is 2. The molecule has 0 amide bonds. The van der Waals surface area contributed by atoms with E-state index in [0.29, 0.717) is 22.5 Å². The van der Waals surface area contributed by atoms with Crippen LogP contribution < -0.4 is 9.47 Å². The van der Waals surface area contributed by atoms with Crippen LogP contribution in [0.4, 0.5) is 0 Å². The summed E-state index contributed by atoms with van der Waals surface area (Å²) in [6.45, 7) is 0. The molecule has 20 heavy (non-hydrogen) atoms. The number of hydrogen-bond acceptors (Lipinski definition) is 6. The maximum absolute atomic E-state index is 9.81. The van der Waals surface area contributed by atoms with Crippen LogP contribution in [0.15, 0.2) is 24.3 Å². The summed E-state index contributed by atoms with van der Waals surface area (Å²) in [4.78, 5) is 8.63. The van der Waals surface area contributed by atoms with Crippen LogP contribution in [0.3, 0.4) is 0 Å². The van der Waals surface area contributed by atoms with E-state index >= 15 is 0 Å². The molecule has 0 aliphatic carbocycles. The molecule has 102 valence electrons. The molecule has 0 saturated heterocycles. The molecule has 0 radical (unpaired) electrons. The van der Waals surface area contributed by atoms with E-state index in [0.717, 1.165) is 0 Å². The molecule has 0 fully saturated rings. The maximum Gasteiger partial charge on any atom is 0.163 e. The van der Waals surface area contributed by atoms with Crippen molar-refractivity contribution < 1.29 is 19.7 Å². The minimum absolute atomic E-state index is 0.0398. The topological polar surface area (TPSA) is 84.7 Å². The largest absolute Gasteiger partial charge is 0.506 e. The Morgan fingerprint density at radius 1 is 0.800 bits per heavy atom. The van der Waals surface area contributed by atoms with Crippen molar-refractivity contribution in [2.24, 2.45) is 0 Å². The molecule has 0 unspecified atom stereocenters. The zero-order chi connectivity index (χ0) is 14.3. The lowest BCUT2D eigenvalue weighted by atomic mass is 10.2. The molecule has 0 spiro atoms. The number of benzene rings is 2. The summed E-state index contributed by atoms with van der Waals surface area (Å²) in [6.07, 6.45) is 0. The van der Waals surface area contributed by atoms with Crippen molar-refractivity contribution in [1.29, 1.82) is 0 Å². The number of rotatable bonds is 2. The number of aromatic hydroxyl groups is 2. The number of nitrogens with zero attached hydrogens (tertiary/aromatic N) is 2. The molecule has 3 aromatic rings. The van der Waals surface area contributed by atoms with Crippen molar-refractivity contribution in [2.45, 2.75) is 0 Å². The van der Waals surface area contributed by atoms with Gasteiger partial charge in [-0.3, -0.25) is 0 Å². The van der Waals surface area contributed by atoms with Crippen LogP contribution in [0.2, 0.25) is 0 Å². The molecule has 2 N–H and O–H groups in total. The fourth-order valence-corrected chi connectivity index (χ4v) is 2.06. The highest BCUT2D eigenvalue weighted by Crippen LogP contribution is 2.34. The van der Waals surface area contributed by atoms with E-state index in [2.05, 4.69) is 9.97 Å². The molecule has 0 aliphatic heterocycles. The lowest BCUT2D eigenvalue weighted by molar-refractivity contribution is 0.355. The Bertz CT molecular complexity index is 749. The van der Waals surface area contributed by atoms with Crippen molar-refractivity contribution in [2.75, 3.05) is 14.2 Å². The van der Waals surface area contributed by atoms with Crippen molar-refractivity contribution in [1.82, 2.24) is 9.97 Å². The van der Waals surface area contributed by atoms with Gasteiger partial charge in [0.15, 0.2) is 11.5 Å². The van der Waals surface area contributed by atoms with Gasteiger partial charge in [-0.05, 0) is 12.1 Å². The predicted molar refractivity (Wildman–Crippen MR) is 73.5 cm³/mol. The third-order valence-electron chi connectivity index (χ3n) is 3.05. The van der Waals surface area contributed by atoms with Crippen LogP contribution in [-0.4, -0.2) is 34.4 Å². The number of phenols is 2. The Morgan fingerprint density at radius 3 is 1.55 bits per heavy atom. The SMILES string of the molecule is COc1cc2nc3c(O)ccc(O)c3nc2cc1OC. The lowest BCUT2D eigenvalue weighted by Gasteiger charge is -2.09. The standard InChI is InChI=1S/C14H12N2O4/c1-19-11-5-7-8(6-12(11)20-2)16-14-10(18)4-3-9(17)13(14)15-7/h3-6,17-18H,1-2H3. The first-order valence-corrected chi connectivity index (χ1v) is 5.88. The Balaban J connectivity index is 2.42. The molecular weight excluding hydrogens is 260 g/mol. The molecule has 3 rings (SSSR count). The van der Waals surface area contributed by atoms with E-state index in [9.17, 15) is 10.2 Å². The molecule has 6 nitrogen and oxygen atoms in total. The van der Waals surface area contributed by atoms with E-state index < -0.39 is 0 Å². The van der Waals surface area contributed by atoms with Crippen LogP contribution in [0, 0.1) is 0 Å². The van der Waals surface area contributed by atoms with Crippen LogP contribution in [0.1, 0.15) is 0 Å². The van der Waals surface area contributed by atoms with E-state index in [1.807, 2.05) is 0 Å². The van der Waals surface area contributed by atoms with Gasteiger partial charge in [0.2, 0.25) is 0 Å². The van der Waals surface area contributed by atoms with Gasteiger partial charge in [-0.2, -0.15) is 0 Å². The van der Waals surface area contributed by atoms with Gasteiger partial charge in [0, 0.05) is 12.1 Å². The fourth-order valence-electron chi connectivity index (χ4n) is 2.06. The maximum atomic E-state index is 9.81. The van der Waals surface area contributed by atoms with Gasteiger partial charge in [0.05, 0.1) is 25.3 Å². The highest BCUT2D eigenvalue weighted by molar-refractivity contribution is 5.93. The smallest absolute Gasteiger partial charge is 0.163 e. The van der Waals surface area contributed by atoms with Gasteiger partial charge in [-0.1, -0.05) is 0 Å². The van der Waals surface area contributed by atoms with Gasteiger partial charge in [-0.25, -0.2) is 9.97 Å². The molecule has 0 aliphatic rings. The normalized spacial score (nSPS) is 10.9. The van der Waals surface area contributed by atoms with Crippen LogP contribution >= 0.6 is 0 Å². The number of aromatic nitrogens is 2. The minimum atomic E-state index is -0.0398. The van der Waals surface area contributed by atoms with Crippen LogP contribution in [0.25, 0.3) is 22.1 Å². The molecule has 6 heteroatoms. The summed E-state index contributed by atoms with van der Waals surface area (Å²) in [5, 5.41) is 19.6. The van der Waals surface area contributed by atoms with E-state index in [1.54, 1.807) is 12.1 Å². The first-order chi connectivity index (χ1) is 9.63. The van der Waals surface area contributed by atoms with Gasteiger partial charge >= 0.3 is 0 Å². The highest BCUT2D eigenvalue weighted by Gasteiger charge is 2.13. The molecule has 1 aromatic heterocycles. The average molecular weight is 272 g/mol. The predicted octanol–water partition coefficient (Wildman–Crippen LogP) is 2.21. The average Bonchev–Trinajstić information content (AvgIpc) is 2.48. The molecule has 2 aromatic carbocycles. The van der Waals surface area contributed by atoms with Gasteiger partial charge in [0.1, 0.15) is 22.5 Å². The summed E-state index contributed by atoms with van der Waals surface area (Å²) in [7, 11) is 3.06. The molecule has 1 heterocycles. The second-order valence-corrected chi connectivity index (χ2v) is 4.22. The van der Waals surface area contributed by atoms with Crippen LogP contribution in [-0.2, 0) is 0 Å². The zero-order valence-corrected chi connectivity index (χ0v) is 10.9. The Hall–Kier alpha value is -2.76. The minimum Gasteiger partial charge on any atom is -0.506 e. The third kappa shape index (κ3) is 1.73. The Morgan fingerprint density at radius 2 is 1.20 bits per heavy atom. The van der Waals surface area contributed by atoms with E-state index in [-0.39, 0.29) is 22.5 Å². The monoisotopic (exact) mass is 272 g/mol. The Labute approximate surface area is 114 Å². The van der Waals surface area contributed by atoms with Crippen molar-refractivity contribution in [3.8, 4) is 23.0 Å². The number of ether oxygens (including phenoxy) is 2. The van der Waals surface area contributed by atoms with Crippen molar-refractivity contribution in [3.05, 3.63) is 24.3 Å². The van der Waals surface area contributed by atoms with Gasteiger partial charge in [0.25, 0.3) is 0 Å². The third-order valence-corrected chi connectivity index (χ3v) is 3.05. The summed E-state index contributed by atoms with van der Waals surface area (Å²) >= 11 is 0. The first-order valence-electron chi connectivity index (χ1n) is 5.88. The fraction of sp³-hybridized carbons (Fsp3) is 0.143. The molecule has 0 bridgehead atoms. The number of phenolic OH excluding ortho intramolecular Hbond substituents is 2. The van der Waals surface area contributed by atoms with Gasteiger partial charge in [-0.15, -0.1) is 0 Å². The lowest BCUT2D eigenvalue weighted by Crippen LogP contribution is -1.94. The first kappa shape index (κ1) is 12.3. The molecular formula is C14H12N2O4. The van der Waals surface area contributed by atoms with Crippen molar-refractivity contribution in [3.63, 3.8) is 0 Å². The van der Waals surface area contributed by atoms with Crippen LogP contribution in [0.5, 0.6) is 23.0 Å². The Kier molecular flexibility index (Phi) is 2.71. The van der Waals surface area contributed by atoms with E-state index in [1.165, 1.54) is 26.4 Å². The number of methoxy groups -OCH3 is 2. The zero-order valence-electron chi connectivity index (χ0n) is 10.9. The highest BCUT2D eigenvalue weighted by atomic mass is 16.5.